The average Bonchev–Trinajstić information content (AvgIpc) is 3.32. The molecule has 214 valence electrons. The quantitative estimate of drug-likeness (QED) is 0.112. The van der Waals surface area contributed by atoms with Gasteiger partial charge in [0.2, 0.25) is 0 Å². The number of fused-ring (bicyclic) bond motifs is 1. The third-order valence-corrected chi connectivity index (χ3v) is 5.73. The maximum absolute atomic E-state index is 6.12. The van der Waals surface area contributed by atoms with Gasteiger partial charge in [0, 0.05) is 40.6 Å². The highest BCUT2D eigenvalue weighted by Crippen LogP contribution is 2.29. The van der Waals surface area contributed by atoms with Crippen molar-refractivity contribution in [3.8, 4) is 22.8 Å². The third kappa shape index (κ3) is 8.93. The Morgan fingerprint density at radius 2 is 1.20 bits per heavy atom. The summed E-state index contributed by atoms with van der Waals surface area (Å²) in [6, 6.07) is 23.8. The summed E-state index contributed by atoms with van der Waals surface area (Å²) in [4.78, 5) is 8.79. The fraction of sp³-hybridized carbons (Fsp3) is 0.290. The van der Waals surface area contributed by atoms with E-state index >= 15 is 0 Å². The van der Waals surface area contributed by atoms with Crippen LogP contribution in [0, 0.1) is 0 Å². The first-order valence-corrected chi connectivity index (χ1v) is 13.0. The van der Waals surface area contributed by atoms with E-state index in [1.807, 2.05) is 100 Å². The molecule has 0 atom stereocenters. The molecule has 0 aliphatic heterocycles. The molecular weight excluding hydrogens is 547 g/mol. The number of nitrogens with two attached hydrogens (primary N) is 2. The van der Waals surface area contributed by atoms with Crippen LogP contribution in [0.2, 0.25) is 0 Å². The Morgan fingerprint density at radius 1 is 0.700 bits per heavy atom. The molecule has 0 spiro atoms. The molecule has 0 aliphatic rings. The summed E-state index contributed by atoms with van der Waals surface area (Å²) in [5.41, 5.74) is 15.6. The van der Waals surface area contributed by atoms with Crippen molar-refractivity contribution in [3.63, 3.8) is 0 Å². The zero-order valence-electron chi connectivity index (χ0n) is 23.3. The topological polar surface area (TPSA) is 108 Å². The Kier molecular flexibility index (Phi) is 12.4. The fourth-order valence-corrected chi connectivity index (χ4v) is 3.91. The summed E-state index contributed by atoms with van der Waals surface area (Å²) in [6.07, 6.45) is 0.760. The van der Waals surface area contributed by atoms with E-state index in [1.165, 1.54) is 0 Å². The summed E-state index contributed by atoms with van der Waals surface area (Å²) in [6.45, 7) is 9.11. The molecule has 0 amide bonds. The van der Waals surface area contributed by atoms with Crippen LogP contribution >= 0.6 is 24.8 Å². The van der Waals surface area contributed by atoms with E-state index in [4.69, 9.17) is 25.4 Å². The number of hydrogen-bond acceptors (Lipinski definition) is 5. The molecule has 0 bridgehead atoms. The van der Waals surface area contributed by atoms with Crippen LogP contribution in [-0.4, -0.2) is 37.0 Å². The van der Waals surface area contributed by atoms with Gasteiger partial charge in [0.15, 0.2) is 0 Å². The van der Waals surface area contributed by atoms with Crippen LogP contribution in [0.25, 0.3) is 22.3 Å². The minimum atomic E-state index is 0. The van der Waals surface area contributed by atoms with E-state index in [1.54, 1.807) is 0 Å². The van der Waals surface area contributed by atoms with Crippen LogP contribution in [0.4, 0.5) is 0 Å². The van der Waals surface area contributed by atoms with Gasteiger partial charge in [-0.15, -0.1) is 24.8 Å². The van der Waals surface area contributed by atoms with Crippen LogP contribution in [0.5, 0.6) is 11.5 Å². The average molecular weight is 586 g/mol. The summed E-state index contributed by atoms with van der Waals surface area (Å²) in [5, 5.41) is 1.02. The Labute approximate surface area is 248 Å². The van der Waals surface area contributed by atoms with Crippen LogP contribution in [0.15, 0.2) is 87.2 Å². The molecule has 3 aromatic carbocycles. The van der Waals surface area contributed by atoms with Gasteiger partial charge in [-0.3, -0.25) is 9.98 Å². The molecule has 4 rings (SSSR count). The second-order valence-corrected chi connectivity index (χ2v) is 9.68. The first-order chi connectivity index (χ1) is 18.3. The van der Waals surface area contributed by atoms with Crippen molar-refractivity contribution < 1.29 is 13.9 Å². The number of furan rings is 1. The molecule has 0 saturated heterocycles. The minimum Gasteiger partial charge on any atom is -0.493 e. The molecule has 9 heteroatoms. The Morgan fingerprint density at radius 3 is 1.75 bits per heavy atom. The van der Waals surface area contributed by atoms with Crippen LogP contribution in [0.3, 0.4) is 0 Å². The zero-order valence-corrected chi connectivity index (χ0v) is 24.9. The first kappa shape index (κ1) is 32.5. The lowest BCUT2D eigenvalue weighted by Gasteiger charge is -2.09. The van der Waals surface area contributed by atoms with Gasteiger partial charge in [0.25, 0.3) is 0 Å². The van der Waals surface area contributed by atoms with Crippen molar-refractivity contribution in [1.82, 2.24) is 0 Å². The Hall–Kier alpha value is -3.68. The number of rotatable bonds is 11. The van der Waals surface area contributed by atoms with Gasteiger partial charge in [0.05, 0.1) is 13.2 Å². The highest BCUT2D eigenvalue weighted by atomic mass is 35.5. The molecule has 4 aromatic rings. The van der Waals surface area contributed by atoms with E-state index < -0.39 is 0 Å². The fourth-order valence-electron chi connectivity index (χ4n) is 3.91. The number of hydrogen-bond donors (Lipinski definition) is 2. The Balaban J connectivity index is 0.00000280. The largest absolute Gasteiger partial charge is 0.493 e. The number of amidine groups is 2. The van der Waals surface area contributed by atoms with E-state index in [-0.39, 0.29) is 36.9 Å². The lowest BCUT2D eigenvalue weighted by molar-refractivity contribution is 0.247. The Bertz CT molecular complexity index is 1410. The van der Waals surface area contributed by atoms with Gasteiger partial charge in [-0.2, -0.15) is 0 Å². The smallest absolute Gasteiger partial charge is 0.135 e. The van der Waals surface area contributed by atoms with Crippen molar-refractivity contribution in [2.75, 3.05) is 13.2 Å². The van der Waals surface area contributed by atoms with Gasteiger partial charge in [-0.25, -0.2) is 0 Å². The summed E-state index contributed by atoms with van der Waals surface area (Å²) in [7, 11) is 0. The molecular formula is C31H38Cl2N4O3. The SMILES string of the molecule is CC(C)N=C(N)c1ccc(OCCCOc2ccc(-c3cc4ccc(C(N)=NC(C)C)cc4o3)cc2)cc1.Cl.Cl. The molecule has 1 heterocycles. The van der Waals surface area contributed by atoms with Crippen molar-refractivity contribution in [2.45, 2.75) is 46.2 Å². The lowest BCUT2D eigenvalue weighted by Crippen LogP contribution is -2.15. The van der Waals surface area contributed by atoms with Gasteiger partial charge >= 0.3 is 0 Å². The molecule has 7 nitrogen and oxygen atoms in total. The monoisotopic (exact) mass is 584 g/mol. The number of aliphatic imine (C=N–C) groups is 2. The zero-order chi connectivity index (χ0) is 27.1. The number of halogens is 2. The highest BCUT2D eigenvalue weighted by Gasteiger charge is 2.09. The molecule has 0 radical (unpaired) electrons. The van der Waals surface area contributed by atoms with Gasteiger partial charge in [-0.05, 0) is 88.4 Å². The molecule has 0 saturated carbocycles. The maximum Gasteiger partial charge on any atom is 0.135 e. The number of ether oxygens (including phenoxy) is 2. The minimum absolute atomic E-state index is 0. The standard InChI is InChI=1S/C31H36N4O3.2ClH/c1-20(2)34-30(32)23-10-14-27(15-11-23)37-17-5-16-36-26-12-8-22(9-13-26)28-18-24-6-7-25(19-29(24)38-28)31(33)35-21(3)4;;/h6-15,18-21H,5,16-17H2,1-4H3,(H2,32,34)(H2,33,35);2*1H. The van der Waals surface area contributed by atoms with Gasteiger partial charge < -0.3 is 25.4 Å². The van der Waals surface area contributed by atoms with E-state index in [0.717, 1.165) is 51.3 Å². The van der Waals surface area contributed by atoms with Crippen LogP contribution in [-0.2, 0) is 0 Å². The van der Waals surface area contributed by atoms with Crippen molar-refractivity contribution in [1.29, 1.82) is 0 Å². The molecule has 0 aliphatic carbocycles. The molecule has 4 N–H and O–H groups in total. The van der Waals surface area contributed by atoms with E-state index in [2.05, 4.69) is 9.98 Å². The van der Waals surface area contributed by atoms with E-state index in [9.17, 15) is 0 Å². The summed E-state index contributed by atoms with van der Waals surface area (Å²) >= 11 is 0. The molecule has 0 unspecified atom stereocenters. The lowest BCUT2D eigenvalue weighted by atomic mass is 10.1. The van der Waals surface area contributed by atoms with Crippen LogP contribution < -0.4 is 20.9 Å². The second-order valence-electron chi connectivity index (χ2n) is 9.68. The summed E-state index contributed by atoms with van der Waals surface area (Å²) in [5.74, 6) is 3.44. The normalized spacial score (nSPS) is 11.8. The van der Waals surface area contributed by atoms with Crippen molar-refractivity contribution in [2.24, 2.45) is 21.5 Å². The number of benzene rings is 3. The van der Waals surface area contributed by atoms with Crippen LogP contribution in [0.1, 0.15) is 45.2 Å². The highest BCUT2D eigenvalue weighted by molar-refractivity contribution is 6.00. The van der Waals surface area contributed by atoms with Gasteiger partial charge in [0.1, 0.15) is 34.5 Å². The molecule has 1 aromatic heterocycles. The predicted molar refractivity (Wildman–Crippen MR) is 170 cm³/mol. The van der Waals surface area contributed by atoms with Crippen molar-refractivity contribution >= 4 is 47.5 Å². The van der Waals surface area contributed by atoms with E-state index in [0.29, 0.717) is 24.9 Å². The molecule has 40 heavy (non-hydrogen) atoms. The second kappa shape index (κ2) is 15.2. The predicted octanol–water partition coefficient (Wildman–Crippen LogP) is 7.02. The number of nitrogens with zero attached hydrogens (tertiary/aromatic N) is 2. The molecule has 0 fully saturated rings. The summed E-state index contributed by atoms with van der Waals surface area (Å²) < 4.78 is 17.8. The first-order valence-electron chi connectivity index (χ1n) is 13.0. The van der Waals surface area contributed by atoms with Gasteiger partial charge in [-0.1, -0.05) is 12.1 Å². The maximum atomic E-state index is 6.12. The third-order valence-electron chi connectivity index (χ3n) is 5.73. The van der Waals surface area contributed by atoms with Crippen molar-refractivity contribution in [3.05, 3.63) is 83.9 Å².